The fourth-order valence-electron chi connectivity index (χ4n) is 3.33. The van der Waals surface area contributed by atoms with Crippen LogP contribution in [-0.2, 0) is 11.2 Å². The molecule has 0 radical (unpaired) electrons. The van der Waals surface area contributed by atoms with Gasteiger partial charge in [-0.3, -0.25) is 4.79 Å². The molecular weight excluding hydrogens is 318 g/mol. The van der Waals surface area contributed by atoms with Gasteiger partial charge in [0, 0.05) is 36.8 Å². The number of benzene rings is 1. The van der Waals surface area contributed by atoms with Gasteiger partial charge in [0.25, 0.3) is 5.91 Å². The maximum Gasteiger partial charge on any atom is 0.257 e. The Morgan fingerprint density at radius 3 is 3.00 bits per heavy atom. The van der Waals surface area contributed by atoms with Gasteiger partial charge in [-0.25, -0.2) is 9.97 Å². The van der Waals surface area contributed by atoms with Crippen molar-refractivity contribution in [3.8, 4) is 0 Å². The monoisotopic (exact) mass is 337 g/mol. The predicted octanol–water partition coefficient (Wildman–Crippen LogP) is 2.55. The summed E-state index contributed by atoms with van der Waals surface area (Å²) >= 11 is 0. The maximum absolute atomic E-state index is 12.7. The molecule has 1 aliphatic rings. The van der Waals surface area contributed by atoms with E-state index >= 15 is 0 Å². The van der Waals surface area contributed by atoms with Crippen LogP contribution in [0.5, 0.6) is 0 Å². The number of furan rings is 1. The van der Waals surface area contributed by atoms with Crippen molar-refractivity contribution in [2.75, 3.05) is 26.3 Å². The summed E-state index contributed by atoms with van der Waals surface area (Å²) in [5, 5.41) is 1.13. The Hall–Kier alpha value is -2.73. The van der Waals surface area contributed by atoms with Crippen molar-refractivity contribution in [1.29, 1.82) is 0 Å². The van der Waals surface area contributed by atoms with Crippen LogP contribution in [0.1, 0.15) is 15.9 Å². The van der Waals surface area contributed by atoms with Crippen molar-refractivity contribution < 1.29 is 13.9 Å². The van der Waals surface area contributed by atoms with Gasteiger partial charge < -0.3 is 14.1 Å². The average molecular weight is 337 g/mol. The molecule has 1 atom stereocenters. The summed E-state index contributed by atoms with van der Waals surface area (Å²) in [5.41, 5.74) is 2.62. The van der Waals surface area contributed by atoms with Crippen molar-refractivity contribution in [2.45, 2.75) is 6.42 Å². The summed E-state index contributed by atoms with van der Waals surface area (Å²) in [7, 11) is 0. The standard InChI is InChI=1S/C19H19N3O3/c23-19(16-9-20-13-21-10-16)22-5-7-24-12-14(11-22)8-15-2-1-3-18-17(15)4-6-25-18/h1-4,6,9-10,13-14H,5,7-8,11-12H2. The van der Waals surface area contributed by atoms with Gasteiger partial charge in [-0.1, -0.05) is 12.1 Å². The Morgan fingerprint density at radius 1 is 1.24 bits per heavy atom. The van der Waals surface area contributed by atoms with Gasteiger partial charge >= 0.3 is 0 Å². The van der Waals surface area contributed by atoms with Crippen LogP contribution in [0.25, 0.3) is 11.0 Å². The van der Waals surface area contributed by atoms with Crippen LogP contribution in [-0.4, -0.2) is 47.1 Å². The molecule has 1 saturated heterocycles. The molecule has 25 heavy (non-hydrogen) atoms. The third-order valence-electron chi connectivity index (χ3n) is 4.53. The van der Waals surface area contributed by atoms with Crippen LogP contribution in [0.3, 0.4) is 0 Å². The fraction of sp³-hybridized carbons (Fsp3) is 0.316. The summed E-state index contributed by atoms with van der Waals surface area (Å²) in [6, 6.07) is 8.07. The molecule has 6 heteroatoms. The van der Waals surface area contributed by atoms with Crippen LogP contribution in [0.4, 0.5) is 0 Å². The van der Waals surface area contributed by atoms with Gasteiger partial charge in [0.15, 0.2) is 0 Å². The van der Waals surface area contributed by atoms with Crippen LogP contribution in [0, 0.1) is 5.92 Å². The zero-order valence-corrected chi connectivity index (χ0v) is 13.8. The van der Waals surface area contributed by atoms with Gasteiger partial charge in [0.05, 0.1) is 25.0 Å². The number of fused-ring (bicyclic) bond motifs is 1. The van der Waals surface area contributed by atoms with E-state index in [0.717, 1.165) is 17.4 Å². The van der Waals surface area contributed by atoms with Gasteiger partial charge in [0.2, 0.25) is 0 Å². The summed E-state index contributed by atoms with van der Waals surface area (Å²) in [6.07, 6.45) is 7.09. The number of carbonyl (C=O) groups is 1. The minimum atomic E-state index is -0.0439. The van der Waals surface area contributed by atoms with Gasteiger partial charge in [-0.15, -0.1) is 0 Å². The van der Waals surface area contributed by atoms with E-state index in [4.69, 9.17) is 9.15 Å². The number of aromatic nitrogens is 2. The molecule has 4 rings (SSSR count). The lowest BCUT2D eigenvalue weighted by Crippen LogP contribution is -2.36. The first-order valence-corrected chi connectivity index (χ1v) is 8.38. The molecule has 1 amide bonds. The third kappa shape index (κ3) is 3.39. The number of carbonyl (C=O) groups excluding carboxylic acids is 1. The molecule has 0 N–H and O–H groups in total. The summed E-state index contributed by atoms with van der Waals surface area (Å²) in [4.78, 5) is 22.4. The van der Waals surface area contributed by atoms with E-state index in [2.05, 4.69) is 16.0 Å². The van der Waals surface area contributed by atoms with E-state index in [1.165, 1.54) is 11.9 Å². The third-order valence-corrected chi connectivity index (χ3v) is 4.53. The average Bonchev–Trinajstić information content (AvgIpc) is 3.02. The topological polar surface area (TPSA) is 68.5 Å². The molecule has 1 aromatic carbocycles. The van der Waals surface area contributed by atoms with Gasteiger partial charge in [-0.2, -0.15) is 0 Å². The molecule has 1 aliphatic heterocycles. The molecular formula is C19H19N3O3. The predicted molar refractivity (Wildman–Crippen MR) is 92.2 cm³/mol. The van der Waals surface area contributed by atoms with E-state index in [1.54, 1.807) is 18.7 Å². The van der Waals surface area contributed by atoms with Crippen molar-refractivity contribution in [2.24, 2.45) is 5.92 Å². The van der Waals surface area contributed by atoms with Crippen LogP contribution >= 0.6 is 0 Å². The molecule has 0 aliphatic carbocycles. The Labute approximate surface area is 145 Å². The first-order chi connectivity index (χ1) is 12.3. The highest BCUT2D eigenvalue weighted by atomic mass is 16.5. The van der Waals surface area contributed by atoms with E-state index in [0.29, 0.717) is 31.9 Å². The second-order valence-electron chi connectivity index (χ2n) is 6.27. The molecule has 3 aromatic rings. The first kappa shape index (κ1) is 15.8. The minimum absolute atomic E-state index is 0.0439. The SMILES string of the molecule is O=C(c1cncnc1)N1CCOCC(Cc2cccc3occc23)C1. The molecule has 128 valence electrons. The normalized spacial score (nSPS) is 18.2. The van der Waals surface area contributed by atoms with Gasteiger partial charge in [-0.05, 0) is 24.1 Å². The van der Waals surface area contributed by atoms with Crippen molar-refractivity contribution >= 4 is 16.9 Å². The summed E-state index contributed by atoms with van der Waals surface area (Å²) in [5.74, 6) is 0.189. The van der Waals surface area contributed by atoms with E-state index < -0.39 is 0 Å². The maximum atomic E-state index is 12.7. The minimum Gasteiger partial charge on any atom is -0.464 e. The van der Waals surface area contributed by atoms with Crippen molar-refractivity contribution in [1.82, 2.24) is 14.9 Å². The van der Waals surface area contributed by atoms with Crippen molar-refractivity contribution in [3.63, 3.8) is 0 Å². The molecule has 2 aromatic heterocycles. The molecule has 0 bridgehead atoms. The van der Waals surface area contributed by atoms with E-state index in [1.807, 2.05) is 23.1 Å². The Balaban J connectivity index is 1.52. The largest absolute Gasteiger partial charge is 0.464 e. The zero-order chi connectivity index (χ0) is 17.1. The fourth-order valence-corrected chi connectivity index (χ4v) is 3.33. The highest BCUT2D eigenvalue weighted by molar-refractivity contribution is 5.93. The lowest BCUT2D eigenvalue weighted by atomic mass is 9.97. The number of ether oxygens (including phenoxy) is 1. The molecule has 0 saturated carbocycles. The Bertz CT molecular complexity index is 862. The lowest BCUT2D eigenvalue weighted by molar-refractivity contribution is 0.0736. The molecule has 3 heterocycles. The Morgan fingerprint density at radius 2 is 2.12 bits per heavy atom. The second-order valence-corrected chi connectivity index (χ2v) is 6.27. The molecule has 0 spiro atoms. The number of hydrogen-bond acceptors (Lipinski definition) is 5. The highest BCUT2D eigenvalue weighted by Crippen LogP contribution is 2.24. The number of nitrogens with zero attached hydrogens (tertiary/aromatic N) is 3. The van der Waals surface area contributed by atoms with Crippen molar-refractivity contribution in [3.05, 3.63) is 60.4 Å². The van der Waals surface area contributed by atoms with E-state index in [9.17, 15) is 4.79 Å². The number of hydrogen-bond donors (Lipinski definition) is 0. The van der Waals surface area contributed by atoms with Crippen LogP contribution in [0.2, 0.25) is 0 Å². The van der Waals surface area contributed by atoms with E-state index in [-0.39, 0.29) is 11.8 Å². The highest BCUT2D eigenvalue weighted by Gasteiger charge is 2.24. The smallest absolute Gasteiger partial charge is 0.257 e. The quantitative estimate of drug-likeness (QED) is 0.735. The lowest BCUT2D eigenvalue weighted by Gasteiger charge is -2.23. The number of amides is 1. The summed E-state index contributed by atoms with van der Waals surface area (Å²) in [6.45, 7) is 2.43. The van der Waals surface area contributed by atoms with Gasteiger partial charge in [0.1, 0.15) is 11.9 Å². The molecule has 1 unspecified atom stereocenters. The summed E-state index contributed by atoms with van der Waals surface area (Å²) < 4.78 is 11.2. The molecule has 6 nitrogen and oxygen atoms in total. The number of rotatable bonds is 3. The van der Waals surface area contributed by atoms with Crippen LogP contribution < -0.4 is 0 Å². The molecule has 1 fully saturated rings. The second kappa shape index (κ2) is 7.03. The van der Waals surface area contributed by atoms with Crippen LogP contribution in [0.15, 0.2) is 53.7 Å². The Kier molecular flexibility index (Phi) is 4.43. The zero-order valence-electron chi connectivity index (χ0n) is 13.8. The first-order valence-electron chi connectivity index (χ1n) is 8.38.